The number of nitrogen functional groups attached to an aromatic ring is 2. The van der Waals surface area contributed by atoms with Crippen LogP contribution in [0.4, 0.5) is 11.6 Å². The summed E-state index contributed by atoms with van der Waals surface area (Å²) >= 11 is 5.90. The van der Waals surface area contributed by atoms with Crippen molar-refractivity contribution in [1.82, 2.24) is 30.1 Å². The summed E-state index contributed by atoms with van der Waals surface area (Å²) in [6, 6.07) is 7.85. The van der Waals surface area contributed by atoms with E-state index in [1.165, 1.54) is 0 Å². The van der Waals surface area contributed by atoms with E-state index in [0.29, 0.717) is 44.0 Å². The van der Waals surface area contributed by atoms with Crippen molar-refractivity contribution >= 4 is 51.9 Å². The normalized spacial score (nSPS) is 18.9. The van der Waals surface area contributed by atoms with E-state index in [9.17, 15) is 9.59 Å². The topological polar surface area (TPSA) is 175 Å². The fraction of sp³-hybridized carbons (Fsp3) is 0.444. The van der Waals surface area contributed by atoms with Gasteiger partial charge in [0.1, 0.15) is 0 Å². The first-order chi connectivity index (χ1) is 19.8. The lowest BCUT2D eigenvalue weighted by Crippen LogP contribution is -2.57. The predicted octanol–water partition coefficient (Wildman–Crippen LogP) is 1.77. The summed E-state index contributed by atoms with van der Waals surface area (Å²) in [6.07, 6.45) is 4.87. The minimum absolute atomic E-state index is 0.00358. The van der Waals surface area contributed by atoms with E-state index in [2.05, 4.69) is 30.2 Å². The van der Waals surface area contributed by atoms with Gasteiger partial charge in [0.05, 0.1) is 25.3 Å². The molecule has 14 heteroatoms. The van der Waals surface area contributed by atoms with Crippen LogP contribution in [-0.2, 0) is 16.0 Å². The van der Waals surface area contributed by atoms with Crippen molar-refractivity contribution in [2.45, 2.75) is 44.1 Å². The molecule has 0 radical (unpaired) electrons. The monoisotopic (exact) mass is 581 g/mol. The summed E-state index contributed by atoms with van der Waals surface area (Å²) in [6.45, 7) is 3.79. The van der Waals surface area contributed by atoms with Gasteiger partial charge in [0, 0.05) is 48.7 Å². The third-order valence-electron chi connectivity index (χ3n) is 7.83. The number of halogens is 1. The van der Waals surface area contributed by atoms with Crippen LogP contribution in [0.25, 0.3) is 10.9 Å². The Kier molecular flexibility index (Phi) is 7.41. The number of aliphatic imine (C=N–C) groups is 1. The number of ether oxygens (including phenoxy) is 2. The Bertz CT molecular complexity index is 1510. The molecule has 0 bridgehead atoms. The lowest BCUT2D eigenvalue weighted by Gasteiger charge is -2.39. The molecule has 3 aliphatic rings. The van der Waals surface area contributed by atoms with Gasteiger partial charge >= 0.3 is 0 Å². The molecule has 0 aliphatic carbocycles. The van der Waals surface area contributed by atoms with Crippen LogP contribution >= 0.6 is 11.6 Å². The zero-order chi connectivity index (χ0) is 28.6. The average molecular weight is 582 g/mol. The molecule has 0 atom stereocenters. The number of rotatable bonds is 5. The lowest BCUT2D eigenvalue weighted by atomic mass is 9.88. The van der Waals surface area contributed by atoms with Crippen LogP contribution in [0.2, 0.25) is 5.15 Å². The number of benzene rings is 1. The van der Waals surface area contributed by atoms with Crippen LogP contribution in [0, 0.1) is 0 Å². The molecule has 2 saturated heterocycles. The number of nitrogens with zero attached hydrogens (tertiary/aromatic N) is 5. The van der Waals surface area contributed by atoms with Gasteiger partial charge in [-0.3, -0.25) is 19.9 Å². The van der Waals surface area contributed by atoms with Crippen LogP contribution in [0.1, 0.15) is 46.5 Å². The third kappa shape index (κ3) is 5.52. The Morgan fingerprint density at radius 3 is 2.68 bits per heavy atom. The second-order valence-electron chi connectivity index (χ2n) is 10.5. The fourth-order valence-electron chi connectivity index (χ4n) is 5.55. The van der Waals surface area contributed by atoms with Crippen LogP contribution in [-0.4, -0.2) is 81.9 Å². The number of fused-ring (bicyclic) bond motifs is 1. The van der Waals surface area contributed by atoms with Gasteiger partial charge in [0.25, 0.3) is 11.8 Å². The van der Waals surface area contributed by atoms with E-state index in [1.807, 2.05) is 35.4 Å². The molecule has 3 aliphatic heterocycles. The number of carbonyl (C=O) groups excluding carboxylic acids is 2. The largest absolute Gasteiger partial charge is 0.382 e. The molecule has 216 valence electrons. The zero-order valence-corrected chi connectivity index (χ0v) is 23.2. The number of aromatic nitrogens is 3. The van der Waals surface area contributed by atoms with Crippen molar-refractivity contribution in [2.75, 3.05) is 44.3 Å². The lowest BCUT2D eigenvalue weighted by molar-refractivity contribution is -0.182. The fourth-order valence-corrected chi connectivity index (χ4v) is 5.68. The van der Waals surface area contributed by atoms with Gasteiger partial charge in [0.15, 0.2) is 34.7 Å². The van der Waals surface area contributed by atoms with Crippen molar-refractivity contribution in [3.05, 3.63) is 46.9 Å². The third-order valence-corrected chi connectivity index (χ3v) is 8.11. The van der Waals surface area contributed by atoms with Crippen LogP contribution < -0.4 is 22.1 Å². The van der Waals surface area contributed by atoms with E-state index >= 15 is 0 Å². The van der Waals surface area contributed by atoms with Gasteiger partial charge in [0.2, 0.25) is 0 Å². The molecule has 1 spiro atoms. The van der Waals surface area contributed by atoms with Crippen molar-refractivity contribution in [3.63, 3.8) is 0 Å². The molecule has 13 nitrogen and oxygen atoms in total. The van der Waals surface area contributed by atoms with Crippen LogP contribution in [0.5, 0.6) is 0 Å². The molecule has 0 saturated carbocycles. The average Bonchev–Trinajstić information content (AvgIpc) is 3.58. The van der Waals surface area contributed by atoms with Gasteiger partial charge in [-0.1, -0.05) is 17.7 Å². The number of likely N-dealkylation sites (tertiary alicyclic amines) is 1. The summed E-state index contributed by atoms with van der Waals surface area (Å²) < 4.78 is 13.5. The summed E-state index contributed by atoms with van der Waals surface area (Å²) in [5, 5.41) is 6.85. The Morgan fingerprint density at radius 2 is 1.90 bits per heavy atom. The zero-order valence-electron chi connectivity index (χ0n) is 22.4. The number of hydrogen-bond acceptors (Lipinski definition) is 10. The first kappa shape index (κ1) is 27.2. The summed E-state index contributed by atoms with van der Waals surface area (Å²) in [5.74, 6) is -0.442. The summed E-state index contributed by atoms with van der Waals surface area (Å²) in [7, 11) is 0. The number of carbonyl (C=O) groups is 2. The molecular weight excluding hydrogens is 550 g/mol. The molecule has 2 fully saturated rings. The van der Waals surface area contributed by atoms with Crippen molar-refractivity contribution in [2.24, 2.45) is 4.99 Å². The highest BCUT2D eigenvalue weighted by Crippen LogP contribution is 2.29. The molecule has 2 amide bonds. The number of aryl methyl sites for hydroxylation is 1. The number of piperidine rings is 1. The SMILES string of the molecule is Nc1nc(N)c(C(=O)NC2=NCC3(CCN(C(=O)c4cccc5c4ccn5CCC4OCCCO4)CC3)N2)nc1Cl. The van der Waals surface area contributed by atoms with Crippen molar-refractivity contribution in [3.8, 4) is 0 Å². The van der Waals surface area contributed by atoms with E-state index in [1.54, 1.807) is 0 Å². The number of amides is 2. The molecule has 2 aromatic heterocycles. The number of hydrogen-bond donors (Lipinski definition) is 4. The molecule has 5 heterocycles. The minimum atomic E-state index is -0.591. The van der Waals surface area contributed by atoms with Gasteiger partial charge in [-0.15, -0.1) is 0 Å². The molecule has 3 aromatic rings. The van der Waals surface area contributed by atoms with Gasteiger partial charge in [-0.25, -0.2) is 9.97 Å². The molecule has 0 unspecified atom stereocenters. The number of guanidine groups is 1. The first-order valence-corrected chi connectivity index (χ1v) is 14.0. The molecule has 41 heavy (non-hydrogen) atoms. The Labute approximate surface area is 241 Å². The maximum atomic E-state index is 13.6. The molecule has 1 aromatic carbocycles. The highest BCUT2D eigenvalue weighted by Gasteiger charge is 2.40. The highest BCUT2D eigenvalue weighted by molar-refractivity contribution is 6.31. The molecule has 6 rings (SSSR count). The predicted molar refractivity (Wildman–Crippen MR) is 154 cm³/mol. The van der Waals surface area contributed by atoms with Gasteiger partial charge in [-0.05, 0) is 37.5 Å². The van der Waals surface area contributed by atoms with Gasteiger partial charge in [-0.2, -0.15) is 0 Å². The Morgan fingerprint density at radius 1 is 1.12 bits per heavy atom. The van der Waals surface area contributed by atoms with Crippen molar-refractivity contribution in [1.29, 1.82) is 0 Å². The van der Waals surface area contributed by atoms with Crippen molar-refractivity contribution < 1.29 is 19.1 Å². The maximum absolute atomic E-state index is 13.6. The van der Waals surface area contributed by atoms with Crippen LogP contribution in [0.3, 0.4) is 0 Å². The Hall–Kier alpha value is -3.94. The van der Waals surface area contributed by atoms with E-state index in [0.717, 1.165) is 43.5 Å². The standard InChI is InChI=1S/C27H32ClN9O4/c28-21-23(30)33-22(29)20(32-21)24(38)34-26-31-15-27(35-26)7-11-37(12-8-27)25(39)17-3-1-4-18-16(17)5-9-36(18)10-6-19-40-13-2-14-41-19/h1,3-5,9,19H,2,6-8,10-15H2,(H4,29,30,33)(H2,31,34,35,38). The first-order valence-electron chi connectivity index (χ1n) is 13.6. The number of nitrogens with one attached hydrogen (secondary N) is 2. The quantitative estimate of drug-likeness (QED) is 0.350. The van der Waals surface area contributed by atoms with Crippen LogP contribution in [0.15, 0.2) is 35.5 Å². The van der Waals surface area contributed by atoms with E-state index < -0.39 is 5.91 Å². The Balaban J connectivity index is 1.06. The maximum Gasteiger partial charge on any atom is 0.280 e. The number of anilines is 2. The summed E-state index contributed by atoms with van der Waals surface area (Å²) in [5.41, 5.74) is 12.6. The van der Waals surface area contributed by atoms with E-state index in [4.69, 9.17) is 32.5 Å². The summed E-state index contributed by atoms with van der Waals surface area (Å²) in [4.78, 5) is 40.4. The second kappa shape index (κ2) is 11.1. The highest BCUT2D eigenvalue weighted by atomic mass is 35.5. The molecule has 6 N–H and O–H groups in total. The molecular formula is C27H32ClN9O4. The second-order valence-corrected chi connectivity index (χ2v) is 10.9. The smallest absolute Gasteiger partial charge is 0.280 e. The minimum Gasteiger partial charge on any atom is -0.382 e. The van der Waals surface area contributed by atoms with E-state index in [-0.39, 0.29) is 40.2 Å². The number of nitrogens with two attached hydrogens (primary N) is 2. The van der Waals surface area contributed by atoms with Gasteiger partial charge < -0.3 is 35.7 Å².